The Morgan fingerprint density at radius 3 is 2.67 bits per heavy atom. The summed E-state index contributed by atoms with van der Waals surface area (Å²) < 4.78 is 12.9. The van der Waals surface area contributed by atoms with Crippen LogP contribution in [0.3, 0.4) is 0 Å². The monoisotopic (exact) mass is 241 g/mol. The summed E-state index contributed by atoms with van der Waals surface area (Å²) in [6, 6.07) is 6.57. The number of aromatic nitrogens is 1. The summed E-state index contributed by atoms with van der Waals surface area (Å²) in [5.74, 6) is -0.399. The zero-order valence-corrected chi connectivity index (χ0v) is 9.06. The Morgan fingerprint density at radius 1 is 1.13 bits per heavy atom. The second kappa shape index (κ2) is 4.17. The minimum atomic E-state index is -0.399. The predicted octanol–water partition coefficient (Wildman–Crippen LogP) is 4.19. The average Bonchev–Trinajstić information content (AvgIpc) is 2.22. The number of benzene rings is 1. The van der Waals surface area contributed by atoms with Crippen molar-refractivity contribution in [3.63, 3.8) is 0 Å². The number of pyridine rings is 1. The molecule has 1 aromatic heterocycles. The molecular formula is C11H6Cl2FN. The van der Waals surface area contributed by atoms with E-state index in [0.29, 0.717) is 21.2 Å². The summed E-state index contributed by atoms with van der Waals surface area (Å²) in [5, 5.41) is 0.852. The molecule has 0 radical (unpaired) electrons. The molecule has 1 heterocycles. The highest BCUT2D eigenvalue weighted by molar-refractivity contribution is 6.43. The van der Waals surface area contributed by atoms with Gasteiger partial charge in [0.2, 0.25) is 0 Å². The lowest BCUT2D eigenvalue weighted by molar-refractivity contribution is 0.622. The second-order valence-electron chi connectivity index (χ2n) is 2.99. The van der Waals surface area contributed by atoms with Gasteiger partial charge in [0.25, 0.3) is 0 Å². The second-order valence-corrected chi connectivity index (χ2v) is 3.78. The Balaban J connectivity index is 2.59. The van der Waals surface area contributed by atoms with Crippen molar-refractivity contribution in [3.05, 3.63) is 52.5 Å². The van der Waals surface area contributed by atoms with E-state index in [1.54, 1.807) is 24.4 Å². The van der Waals surface area contributed by atoms with E-state index in [1.165, 1.54) is 6.07 Å². The van der Waals surface area contributed by atoms with Crippen molar-refractivity contribution in [1.82, 2.24) is 4.98 Å². The van der Waals surface area contributed by atoms with Crippen LogP contribution in [0, 0.1) is 5.82 Å². The van der Waals surface area contributed by atoms with E-state index in [2.05, 4.69) is 4.98 Å². The van der Waals surface area contributed by atoms with Crippen LogP contribution < -0.4 is 0 Å². The Bertz CT molecular complexity index is 500. The standard InChI is InChI=1S/C11H6Cl2FN/c12-10-3-1-2-9(11(10)13)7-4-8(14)6-15-5-7/h1-6H. The van der Waals surface area contributed by atoms with Crippen molar-refractivity contribution in [2.24, 2.45) is 0 Å². The Kier molecular flexibility index (Phi) is 2.89. The van der Waals surface area contributed by atoms with Gasteiger partial charge in [-0.3, -0.25) is 4.98 Å². The highest BCUT2D eigenvalue weighted by Crippen LogP contribution is 2.32. The van der Waals surface area contributed by atoms with E-state index in [4.69, 9.17) is 23.2 Å². The molecule has 0 saturated heterocycles. The van der Waals surface area contributed by atoms with Crippen LogP contribution in [0.1, 0.15) is 0 Å². The van der Waals surface area contributed by atoms with Crippen molar-refractivity contribution in [3.8, 4) is 11.1 Å². The summed E-state index contributed by atoms with van der Waals surface area (Å²) in [7, 11) is 0. The maximum atomic E-state index is 12.9. The van der Waals surface area contributed by atoms with Crippen LogP contribution >= 0.6 is 23.2 Å². The van der Waals surface area contributed by atoms with Crippen molar-refractivity contribution in [1.29, 1.82) is 0 Å². The van der Waals surface area contributed by atoms with Crippen LogP contribution in [0.15, 0.2) is 36.7 Å². The molecule has 15 heavy (non-hydrogen) atoms. The summed E-state index contributed by atoms with van der Waals surface area (Å²) in [6.07, 6.45) is 2.68. The molecule has 76 valence electrons. The number of hydrogen-bond acceptors (Lipinski definition) is 1. The summed E-state index contributed by atoms with van der Waals surface area (Å²) in [5.41, 5.74) is 1.29. The van der Waals surface area contributed by atoms with Crippen LogP contribution in [0.25, 0.3) is 11.1 Å². The number of hydrogen-bond donors (Lipinski definition) is 0. The minimum Gasteiger partial charge on any atom is -0.261 e. The first-order valence-electron chi connectivity index (χ1n) is 4.23. The van der Waals surface area contributed by atoms with Gasteiger partial charge >= 0.3 is 0 Å². The molecule has 1 aromatic carbocycles. The fourth-order valence-electron chi connectivity index (χ4n) is 1.29. The lowest BCUT2D eigenvalue weighted by atomic mass is 10.1. The van der Waals surface area contributed by atoms with Crippen LogP contribution in [0.4, 0.5) is 4.39 Å². The molecule has 2 rings (SSSR count). The molecule has 0 saturated carbocycles. The molecule has 0 amide bonds. The maximum Gasteiger partial charge on any atom is 0.142 e. The molecule has 0 bridgehead atoms. The number of halogens is 3. The minimum absolute atomic E-state index is 0.399. The van der Waals surface area contributed by atoms with Gasteiger partial charge in [-0.15, -0.1) is 0 Å². The van der Waals surface area contributed by atoms with Gasteiger partial charge in [-0.05, 0) is 12.1 Å². The Labute approximate surface area is 96.5 Å². The third kappa shape index (κ3) is 2.11. The smallest absolute Gasteiger partial charge is 0.142 e. The lowest BCUT2D eigenvalue weighted by Crippen LogP contribution is -1.84. The van der Waals surface area contributed by atoms with Gasteiger partial charge in [0.1, 0.15) is 5.82 Å². The van der Waals surface area contributed by atoms with Gasteiger partial charge in [-0.1, -0.05) is 35.3 Å². The average molecular weight is 242 g/mol. The van der Waals surface area contributed by atoms with E-state index in [0.717, 1.165) is 6.20 Å². The van der Waals surface area contributed by atoms with Gasteiger partial charge in [-0.2, -0.15) is 0 Å². The molecule has 0 fully saturated rings. The van der Waals surface area contributed by atoms with Crippen LogP contribution in [0.5, 0.6) is 0 Å². The molecule has 1 nitrogen and oxygen atoms in total. The number of nitrogens with zero attached hydrogens (tertiary/aromatic N) is 1. The molecule has 0 aliphatic rings. The largest absolute Gasteiger partial charge is 0.261 e. The SMILES string of the molecule is Fc1cncc(-c2cccc(Cl)c2Cl)c1. The molecule has 0 unspecified atom stereocenters. The zero-order valence-electron chi connectivity index (χ0n) is 7.55. The molecule has 0 aliphatic carbocycles. The third-order valence-corrected chi connectivity index (χ3v) is 2.79. The first kappa shape index (κ1) is 10.4. The first-order valence-corrected chi connectivity index (χ1v) is 4.99. The summed E-state index contributed by atoms with van der Waals surface area (Å²) in [6.45, 7) is 0. The zero-order chi connectivity index (χ0) is 10.8. The molecule has 4 heteroatoms. The van der Waals surface area contributed by atoms with Crippen molar-refractivity contribution in [2.75, 3.05) is 0 Å². The quantitative estimate of drug-likeness (QED) is 0.730. The molecule has 0 N–H and O–H groups in total. The van der Waals surface area contributed by atoms with E-state index in [1.807, 2.05) is 0 Å². The van der Waals surface area contributed by atoms with E-state index < -0.39 is 5.82 Å². The van der Waals surface area contributed by atoms with Crippen LogP contribution in [-0.4, -0.2) is 4.98 Å². The van der Waals surface area contributed by atoms with Crippen molar-refractivity contribution in [2.45, 2.75) is 0 Å². The fourth-order valence-corrected chi connectivity index (χ4v) is 1.70. The van der Waals surface area contributed by atoms with E-state index >= 15 is 0 Å². The molecular weight excluding hydrogens is 236 g/mol. The van der Waals surface area contributed by atoms with Crippen LogP contribution in [-0.2, 0) is 0 Å². The topological polar surface area (TPSA) is 12.9 Å². The first-order chi connectivity index (χ1) is 7.18. The van der Waals surface area contributed by atoms with Crippen LogP contribution in [0.2, 0.25) is 10.0 Å². The highest BCUT2D eigenvalue weighted by atomic mass is 35.5. The summed E-state index contributed by atoms with van der Waals surface area (Å²) >= 11 is 11.9. The van der Waals surface area contributed by atoms with Crippen molar-refractivity contribution < 1.29 is 4.39 Å². The van der Waals surface area contributed by atoms with Gasteiger partial charge in [-0.25, -0.2) is 4.39 Å². The van der Waals surface area contributed by atoms with E-state index in [9.17, 15) is 4.39 Å². The molecule has 0 spiro atoms. The molecule has 2 aromatic rings. The number of rotatable bonds is 1. The lowest BCUT2D eigenvalue weighted by Gasteiger charge is -2.05. The summed E-state index contributed by atoms with van der Waals surface area (Å²) in [4.78, 5) is 3.75. The third-order valence-electron chi connectivity index (χ3n) is 1.97. The maximum absolute atomic E-state index is 12.9. The van der Waals surface area contributed by atoms with Gasteiger partial charge < -0.3 is 0 Å². The van der Waals surface area contributed by atoms with E-state index in [-0.39, 0.29) is 0 Å². The Morgan fingerprint density at radius 2 is 1.93 bits per heavy atom. The van der Waals surface area contributed by atoms with Gasteiger partial charge in [0.05, 0.1) is 16.2 Å². The highest BCUT2D eigenvalue weighted by Gasteiger charge is 2.07. The van der Waals surface area contributed by atoms with Gasteiger partial charge in [0, 0.05) is 17.3 Å². The molecule has 0 aliphatic heterocycles. The van der Waals surface area contributed by atoms with Crippen molar-refractivity contribution >= 4 is 23.2 Å². The van der Waals surface area contributed by atoms with Gasteiger partial charge in [0.15, 0.2) is 0 Å². The normalized spacial score (nSPS) is 10.3. The fraction of sp³-hybridized carbons (Fsp3) is 0. The Hall–Kier alpha value is -1.12. The predicted molar refractivity (Wildman–Crippen MR) is 59.7 cm³/mol. The molecule has 0 atom stereocenters.